The van der Waals surface area contributed by atoms with Crippen LogP contribution in [-0.2, 0) is 19.3 Å². The molecule has 0 spiro atoms. The van der Waals surface area contributed by atoms with Crippen molar-refractivity contribution < 1.29 is 0 Å². The average Bonchev–Trinajstić information content (AvgIpc) is 3.12. The number of hydrogen-bond acceptors (Lipinski definition) is 0. The standard InChI is InChI=1S/C47H64/c1-5-7-9-11-13-15-19-25-40-31-33-44(46(35-40)38(3)42-27-21-17-22-28-42)37-45-34-32-41(26-20-16-14-12-10-8-6-2)36-47(45)39(4)43-29-23-18-24-30-43/h17-18,21-24,27-36,38-39H,5-16,19-20,25-26,37H2,1-4H3. The lowest BCUT2D eigenvalue weighted by Gasteiger charge is -2.22. The maximum absolute atomic E-state index is 2.55. The van der Waals surface area contributed by atoms with E-state index in [4.69, 9.17) is 0 Å². The van der Waals surface area contributed by atoms with E-state index in [0.29, 0.717) is 11.8 Å². The highest BCUT2D eigenvalue weighted by Crippen LogP contribution is 2.34. The van der Waals surface area contributed by atoms with Gasteiger partial charge < -0.3 is 0 Å². The number of unbranched alkanes of at least 4 members (excludes halogenated alkanes) is 12. The summed E-state index contributed by atoms with van der Waals surface area (Å²) in [4.78, 5) is 0. The normalized spacial score (nSPS) is 12.7. The molecule has 0 fully saturated rings. The van der Waals surface area contributed by atoms with Crippen molar-refractivity contribution in [1.29, 1.82) is 0 Å². The van der Waals surface area contributed by atoms with Gasteiger partial charge in [0.15, 0.2) is 0 Å². The fourth-order valence-corrected chi connectivity index (χ4v) is 7.35. The van der Waals surface area contributed by atoms with Crippen molar-refractivity contribution in [3.63, 3.8) is 0 Å². The van der Waals surface area contributed by atoms with E-state index in [9.17, 15) is 0 Å². The van der Waals surface area contributed by atoms with Gasteiger partial charge in [-0.25, -0.2) is 0 Å². The second kappa shape index (κ2) is 21.0. The Morgan fingerprint density at radius 1 is 0.404 bits per heavy atom. The number of aryl methyl sites for hydroxylation is 2. The van der Waals surface area contributed by atoms with Gasteiger partial charge >= 0.3 is 0 Å². The molecule has 0 N–H and O–H groups in total. The third kappa shape index (κ3) is 12.1. The van der Waals surface area contributed by atoms with E-state index < -0.39 is 0 Å². The Labute approximate surface area is 289 Å². The van der Waals surface area contributed by atoms with Gasteiger partial charge in [0.1, 0.15) is 0 Å². The summed E-state index contributed by atoms with van der Waals surface area (Å²) in [5, 5.41) is 0. The summed E-state index contributed by atoms with van der Waals surface area (Å²) in [6.07, 6.45) is 22.4. The number of rotatable bonds is 22. The molecule has 0 radical (unpaired) electrons. The fourth-order valence-electron chi connectivity index (χ4n) is 7.35. The van der Waals surface area contributed by atoms with Gasteiger partial charge in [-0.3, -0.25) is 0 Å². The molecule has 4 rings (SSSR count). The van der Waals surface area contributed by atoms with Crippen LogP contribution in [0.1, 0.15) is 174 Å². The molecule has 0 saturated carbocycles. The first-order chi connectivity index (χ1) is 23.1. The summed E-state index contributed by atoms with van der Waals surface area (Å²) in [7, 11) is 0. The van der Waals surface area contributed by atoms with Gasteiger partial charge in [-0.15, -0.1) is 0 Å². The van der Waals surface area contributed by atoms with Crippen molar-refractivity contribution in [2.75, 3.05) is 0 Å². The van der Waals surface area contributed by atoms with E-state index in [0.717, 1.165) is 6.42 Å². The van der Waals surface area contributed by atoms with Crippen molar-refractivity contribution >= 4 is 0 Å². The molecule has 4 aromatic rings. The van der Waals surface area contributed by atoms with E-state index in [2.05, 4.69) is 125 Å². The van der Waals surface area contributed by atoms with Crippen LogP contribution in [0.4, 0.5) is 0 Å². The Morgan fingerprint density at radius 3 is 1.15 bits per heavy atom. The van der Waals surface area contributed by atoms with Crippen LogP contribution in [0.15, 0.2) is 97.1 Å². The first kappa shape index (κ1) is 36.7. The molecular weight excluding hydrogens is 565 g/mol. The molecule has 2 unspecified atom stereocenters. The Balaban J connectivity index is 1.56. The van der Waals surface area contributed by atoms with Gasteiger partial charge in [0.05, 0.1) is 0 Å². The molecule has 0 aliphatic rings. The van der Waals surface area contributed by atoms with E-state index in [1.54, 1.807) is 0 Å². The zero-order valence-corrected chi connectivity index (χ0v) is 30.4. The second-order valence-electron chi connectivity index (χ2n) is 14.3. The molecule has 0 aliphatic heterocycles. The third-order valence-electron chi connectivity index (χ3n) is 10.5. The maximum Gasteiger partial charge on any atom is 0.00639 e. The summed E-state index contributed by atoms with van der Waals surface area (Å²) in [6, 6.07) is 37.2. The summed E-state index contributed by atoms with van der Waals surface area (Å²) >= 11 is 0. The SMILES string of the molecule is CCCCCCCCCc1ccc(Cc2ccc(CCCCCCCCC)cc2C(C)c2ccccc2)c(C(C)c2ccccc2)c1. The molecule has 4 aromatic carbocycles. The van der Waals surface area contributed by atoms with Crippen molar-refractivity contribution in [3.8, 4) is 0 Å². The second-order valence-corrected chi connectivity index (χ2v) is 14.3. The largest absolute Gasteiger partial charge is 0.0654 e. The predicted octanol–water partition coefficient (Wildman–Crippen LogP) is 14.2. The van der Waals surface area contributed by atoms with Crippen molar-refractivity contribution in [3.05, 3.63) is 142 Å². The quantitative estimate of drug-likeness (QED) is 0.0760. The van der Waals surface area contributed by atoms with Crippen LogP contribution in [0.3, 0.4) is 0 Å². The summed E-state index contributed by atoms with van der Waals surface area (Å²) in [6.45, 7) is 9.42. The highest BCUT2D eigenvalue weighted by atomic mass is 14.2. The molecule has 252 valence electrons. The van der Waals surface area contributed by atoms with Gasteiger partial charge in [-0.1, -0.05) is 202 Å². The maximum atomic E-state index is 2.55. The first-order valence-electron chi connectivity index (χ1n) is 19.4. The Morgan fingerprint density at radius 2 is 0.766 bits per heavy atom. The van der Waals surface area contributed by atoms with E-state index >= 15 is 0 Å². The van der Waals surface area contributed by atoms with Crippen molar-refractivity contribution in [2.45, 2.75) is 149 Å². The molecule has 0 nitrogen and oxygen atoms in total. The molecule has 0 amide bonds. The Bertz CT molecular complexity index is 1290. The smallest absolute Gasteiger partial charge is 0.00639 e. The lowest BCUT2D eigenvalue weighted by Crippen LogP contribution is -2.07. The topological polar surface area (TPSA) is 0 Å². The zero-order chi connectivity index (χ0) is 33.1. The van der Waals surface area contributed by atoms with Gasteiger partial charge in [0.2, 0.25) is 0 Å². The highest BCUT2D eigenvalue weighted by Gasteiger charge is 2.18. The third-order valence-corrected chi connectivity index (χ3v) is 10.5. The van der Waals surface area contributed by atoms with Crippen LogP contribution in [0, 0.1) is 0 Å². The van der Waals surface area contributed by atoms with Crippen LogP contribution >= 0.6 is 0 Å². The van der Waals surface area contributed by atoms with Gasteiger partial charge in [-0.05, 0) is 76.6 Å². The van der Waals surface area contributed by atoms with Gasteiger partial charge in [0.25, 0.3) is 0 Å². The van der Waals surface area contributed by atoms with Crippen LogP contribution < -0.4 is 0 Å². The summed E-state index contributed by atoms with van der Waals surface area (Å²) < 4.78 is 0. The summed E-state index contributed by atoms with van der Waals surface area (Å²) in [5.74, 6) is 0.735. The van der Waals surface area contributed by atoms with Crippen LogP contribution in [0.2, 0.25) is 0 Å². The molecule has 0 aliphatic carbocycles. The number of benzene rings is 4. The highest BCUT2D eigenvalue weighted by molar-refractivity contribution is 5.46. The average molecular weight is 629 g/mol. The molecular formula is C47H64. The molecule has 2 atom stereocenters. The van der Waals surface area contributed by atoms with Crippen LogP contribution in [-0.4, -0.2) is 0 Å². The zero-order valence-electron chi connectivity index (χ0n) is 30.4. The van der Waals surface area contributed by atoms with E-state index in [1.165, 1.54) is 147 Å². The van der Waals surface area contributed by atoms with Gasteiger partial charge in [0, 0.05) is 11.8 Å². The Hall–Kier alpha value is -3.12. The van der Waals surface area contributed by atoms with Crippen molar-refractivity contribution in [2.24, 2.45) is 0 Å². The first-order valence-corrected chi connectivity index (χ1v) is 19.4. The Kier molecular flexibility index (Phi) is 16.4. The molecule has 0 heterocycles. The van der Waals surface area contributed by atoms with Crippen LogP contribution in [0.5, 0.6) is 0 Å². The minimum absolute atomic E-state index is 0.367. The lowest BCUT2D eigenvalue weighted by atomic mass is 9.82. The molecule has 0 saturated heterocycles. The molecule has 0 bridgehead atoms. The fraction of sp³-hybridized carbons (Fsp3) is 0.489. The lowest BCUT2D eigenvalue weighted by molar-refractivity contribution is 0.589. The summed E-state index contributed by atoms with van der Waals surface area (Å²) in [5.41, 5.74) is 11.8. The predicted molar refractivity (Wildman–Crippen MR) is 207 cm³/mol. The van der Waals surface area contributed by atoms with E-state index in [-0.39, 0.29) is 0 Å². The molecule has 0 aromatic heterocycles. The molecule has 47 heavy (non-hydrogen) atoms. The van der Waals surface area contributed by atoms with E-state index in [1.807, 2.05) is 0 Å². The van der Waals surface area contributed by atoms with Gasteiger partial charge in [-0.2, -0.15) is 0 Å². The number of hydrogen-bond donors (Lipinski definition) is 0. The molecule has 0 heteroatoms. The van der Waals surface area contributed by atoms with Crippen LogP contribution in [0.25, 0.3) is 0 Å². The van der Waals surface area contributed by atoms with Crippen molar-refractivity contribution in [1.82, 2.24) is 0 Å². The monoisotopic (exact) mass is 629 g/mol. The minimum Gasteiger partial charge on any atom is -0.0654 e. The minimum atomic E-state index is 0.367.